The van der Waals surface area contributed by atoms with Gasteiger partial charge in [-0.3, -0.25) is 24.6 Å². The van der Waals surface area contributed by atoms with E-state index in [1.165, 1.54) is 6.20 Å². The summed E-state index contributed by atoms with van der Waals surface area (Å²) >= 11 is 6.49. The Morgan fingerprint density at radius 2 is 1.61 bits per heavy atom. The van der Waals surface area contributed by atoms with E-state index in [1.807, 2.05) is 42.5 Å². The van der Waals surface area contributed by atoms with Crippen molar-refractivity contribution in [2.75, 3.05) is 99.8 Å². The van der Waals surface area contributed by atoms with E-state index in [0.29, 0.717) is 52.2 Å². The number of hydrogen-bond acceptors (Lipinski definition) is 13. The Balaban J connectivity index is 0.767. The Labute approximate surface area is 361 Å². The Bertz CT molecular complexity index is 2290. The lowest BCUT2D eigenvalue weighted by atomic mass is 9.97. The third kappa shape index (κ3) is 10.1. The number of rotatable bonds is 13. The molecule has 5 heterocycles. The number of amides is 3. The van der Waals surface area contributed by atoms with E-state index in [4.69, 9.17) is 16.3 Å². The molecular weight excluding hydrogens is 815 g/mol. The van der Waals surface area contributed by atoms with Gasteiger partial charge in [-0.1, -0.05) is 23.7 Å². The van der Waals surface area contributed by atoms with Gasteiger partial charge in [0.05, 0.1) is 24.7 Å². The topological polar surface area (TPSA) is 164 Å². The number of hydrogen-bond donors (Lipinski definition) is 4. The number of aromatic nitrogens is 2. The number of anilines is 6. The van der Waals surface area contributed by atoms with Gasteiger partial charge in [0.25, 0.3) is 5.91 Å². The third-order valence-corrected chi connectivity index (χ3v) is 14.0. The zero-order chi connectivity index (χ0) is 42.7. The third-order valence-electron chi connectivity index (χ3n) is 12.2. The summed E-state index contributed by atoms with van der Waals surface area (Å²) < 4.78 is 18.7. The van der Waals surface area contributed by atoms with Crippen molar-refractivity contribution in [1.29, 1.82) is 0 Å². The van der Waals surface area contributed by atoms with Crippen molar-refractivity contribution < 1.29 is 23.7 Å². The molecule has 1 aromatic heterocycles. The maximum Gasteiger partial charge on any atom is 0.251 e. The fourth-order valence-corrected chi connectivity index (χ4v) is 10.0. The highest BCUT2D eigenvalue weighted by atomic mass is 35.5. The predicted octanol–water partition coefficient (Wildman–Crippen LogP) is 5.13. The number of benzene rings is 3. The number of ether oxygens (including phenoxy) is 1. The van der Waals surface area contributed by atoms with Gasteiger partial charge in [-0.05, 0) is 81.1 Å². The molecule has 4 aliphatic rings. The van der Waals surface area contributed by atoms with Gasteiger partial charge in [0, 0.05) is 106 Å². The normalized spacial score (nSPS) is 19.6. The van der Waals surface area contributed by atoms with Crippen molar-refractivity contribution in [2.24, 2.45) is 5.92 Å². The number of nitrogens with zero attached hydrogens (tertiary/aromatic N) is 6. The van der Waals surface area contributed by atoms with Gasteiger partial charge in [-0.15, -0.1) is 0 Å². The minimum absolute atomic E-state index is 0.226. The molecule has 3 aromatic carbocycles. The van der Waals surface area contributed by atoms with Gasteiger partial charge >= 0.3 is 0 Å². The summed E-state index contributed by atoms with van der Waals surface area (Å²) in [6.07, 6.45) is 4.30. The summed E-state index contributed by atoms with van der Waals surface area (Å²) in [5, 5.41) is 12.6. The molecule has 4 saturated heterocycles. The Morgan fingerprint density at radius 3 is 2.31 bits per heavy atom. The molecule has 4 aromatic rings. The largest absolute Gasteiger partial charge is 0.494 e. The molecule has 0 bridgehead atoms. The quantitative estimate of drug-likeness (QED) is 0.103. The number of methoxy groups -OCH3 is 1. The summed E-state index contributed by atoms with van der Waals surface area (Å²) in [7, 11) is -0.882. The summed E-state index contributed by atoms with van der Waals surface area (Å²) in [6, 6.07) is 21.1. The molecule has 4 N–H and O–H groups in total. The Hall–Kier alpha value is -5.21. The first-order valence-corrected chi connectivity index (χ1v) is 24.0. The first-order valence-electron chi connectivity index (χ1n) is 21.0. The van der Waals surface area contributed by atoms with E-state index in [1.54, 1.807) is 32.6 Å². The standard InChI is InChI=1S/C44H54ClN10O5P/c1-60-38-24-33(12-13-35(38)49-44-46-25-34(45)41(51-44)47-36-6-4-5-7-39(36)61(2,3)59)53-18-16-32(17-19-53)54-22-20-52(21-23-54)26-29-27-55(28-29)31-10-8-30(9-11-31)42(57)48-37-14-15-40(56)50-43(37)58/h4-13,24-25,29,32,37H,14-23,26-28H2,1-3H3,(H,48,57)(H,50,56,58)(H2,46,47,49,51). The van der Waals surface area contributed by atoms with Crippen LogP contribution in [0.3, 0.4) is 0 Å². The fraction of sp³-hybridized carbons (Fsp3) is 0.432. The lowest BCUT2D eigenvalue weighted by molar-refractivity contribution is -0.134. The summed E-state index contributed by atoms with van der Waals surface area (Å²) in [6.45, 7) is 12.9. The van der Waals surface area contributed by atoms with Crippen LogP contribution in [0.5, 0.6) is 5.75 Å². The molecule has 3 amide bonds. The van der Waals surface area contributed by atoms with Gasteiger partial charge in [0.2, 0.25) is 17.8 Å². The maximum absolute atomic E-state index is 12.9. The van der Waals surface area contributed by atoms with Crippen LogP contribution in [-0.2, 0) is 14.2 Å². The van der Waals surface area contributed by atoms with Crippen LogP contribution in [0.25, 0.3) is 0 Å². The fourth-order valence-electron chi connectivity index (χ4n) is 8.75. The molecule has 8 rings (SSSR count). The summed E-state index contributed by atoms with van der Waals surface area (Å²) in [5.74, 6) is 1.000. The smallest absolute Gasteiger partial charge is 0.251 e. The molecule has 0 saturated carbocycles. The van der Waals surface area contributed by atoms with Gasteiger partial charge in [-0.2, -0.15) is 4.98 Å². The van der Waals surface area contributed by atoms with E-state index < -0.39 is 19.1 Å². The average Bonchev–Trinajstić information content (AvgIpc) is 3.24. The van der Waals surface area contributed by atoms with Crippen LogP contribution in [-0.4, -0.2) is 129 Å². The van der Waals surface area contributed by atoms with Gasteiger partial charge in [0.1, 0.15) is 24.0 Å². The van der Waals surface area contributed by atoms with Crippen LogP contribution in [0.15, 0.2) is 72.9 Å². The molecule has 17 heteroatoms. The van der Waals surface area contributed by atoms with Crippen molar-refractivity contribution in [1.82, 2.24) is 30.4 Å². The van der Waals surface area contributed by atoms with Crippen molar-refractivity contribution in [3.05, 3.63) is 83.5 Å². The van der Waals surface area contributed by atoms with E-state index in [9.17, 15) is 18.9 Å². The van der Waals surface area contributed by atoms with Crippen LogP contribution in [0.4, 0.5) is 34.5 Å². The zero-order valence-corrected chi connectivity index (χ0v) is 36.6. The highest BCUT2D eigenvalue weighted by Gasteiger charge is 2.33. The van der Waals surface area contributed by atoms with Crippen LogP contribution >= 0.6 is 18.7 Å². The minimum atomic E-state index is -2.54. The van der Waals surface area contributed by atoms with Crippen molar-refractivity contribution in [2.45, 2.75) is 37.8 Å². The molecule has 4 fully saturated rings. The zero-order valence-electron chi connectivity index (χ0n) is 34.9. The number of halogens is 1. The van der Waals surface area contributed by atoms with Gasteiger partial charge < -0.3 is 40.0 Å². The first kappa shape index (κ1) is 42.5. The summed E-state index contributed by atoms with van der Waals surface area (Å²) in [5.41, 5.74) is 4.14. The highest BCUT2D eigenvalue weighted by Crippen LogP contribution is 2.39. The molecular formula is C44H54ClN10O5P. The molecule has 322 valence electrons. The van der Waals surface area contributed by atoms with E-state index >= 15 is 0 Å². The maximum atomic E-state index is 12.9. The molecule has 1 atom stereocenters. The molecule has 15 nitrogen and oxygen atoms in total. The SMILES string of the molecule is COc1cc(N2CCC(N3CCN(CC4CN(c5ccc(C(=O)NC6CCC(=O)NC6=O)cc5)C4)CC3)CC2)ccc1Nc1ncc(Cl)c(Nc2ccccc2P(C)(C)=O)n1. The van der Waals surface area contributed by atoms with Crippen molar-refractivity contribution in [3.63, 3.8) is 0 Å². The van der Waals surface area contributed by atoms with E-state index in [0.717, 1.165) is 94.1 Å². The number of piperazine rings is 1. The monoisotopic (exact) mass is 868 g/mol. The van der Waals surface area contributed by atoms with Crippen LogP contribution in [0.1, 0.15) is 36.0 Å². The van der Waals surface area contributed by atoms with Crippen LogP contribution in [0, 0.1) is 5.92 Å². The Kier molecular flexibility index (Phi) is 12.8. The van der Waals surface area contributed by atoms with Crippen LogP contribution < -0.4 is 41.1 Å². The number of piperidine rings is 2. The molecule has 4 aliphatic heterocycles. The average molecular weight is 869 g/mol. The second-order valence-electron chi connectivity index (χ2n) is 16.7. The number of imide groups is 1. The number of nitrogens with one attached hydrogen (secondary N) is 4. The number of carbonyl (C=O) groups excluding carboxylic acids is 3. The predicted molar refractivity (Wildman–Crippen MR) is 241 cm³/mol. The lowest BCUT2D eigenvalue weighted by Crippen LogP contribution is -2.57. The summed E-state index contributed by atoms with van der Waals surface area (Å²) in [4.78, 5) is 55.3. The molecule has 0 aliphatic carbocycles. The molecule has 0 radical (unpaired) electrons. The van der Waals surface area contributed by atoms with Crippen molar-refractivity contribution in [3.8, 4) is 5.75 Å². The number of para-hydroxylation sites is 1. The van der Waals surface area contributed by atoms with E-state index in [2.05, 4.69) is 63.0 Å². The van der Waals surface area contributed by atoms with E-state index in [-0.39, 0.29) is 18.2 Å². The van der Waals surface area contributed by atoms with Gasteiger partial charge in [0.15, 0.2) is 5.82 Å². The highest BCUT2D eigenvalue weighted by molar-refractivity contribution is 7.70. The van der Waals surface area contributed by atoms with Crippen molar-refractivity contribution >= 4 is 76.3 Å². The number of carbonyl (C=O) groups is 3. The first-order chi connectivity index (χ1) is 29.4. The van der Waals surface area contributed by atoms with Gasteiger partial charge in [-0.25, -0.2) is 4.98 Å². The molecule has 1 unspecified atom stereocenters. The minimum Gasteiger partial charge on any atom is -0.494 e. The Morgan fingerprint density at radius 1 is 0.885 bits per heavy atom. The molecule has 61 heavy (non-hydrogen) atoms. The second-order valence-corrected chi connectivity index (χ2v) is 20.3. The second kappa shape index (κ2) is 18.4. The van der Waals surface area contributed by atoms with Crippen LogP contribution in [0.2, 0.25) is 5.02 Å². The lowest BCUT2D eigenvalue weighted by Gasteiger charge is -2.46. The molecule has 0 spiro atoms.